The Kier molecular flexibility index (Phi) is 4.59. The van der Waals surface area contributed by atoms with Gasteiger partial charge >= 0.3 is 11.8 Å². The zero-order chi connectivity index (χ0) is 18.2. The van der Waals surface area contributed by atoms with Gasteiger partial charge in [-0.05, 0) is 23.6 Å². The molecule has 0 N–H and O–H groups in total. The zero-order valence-electron chi connectivity index (χ0n) is 13.4. The van der Waals surface area contributed by atoms with Gasteiger partial charge in [0.15, 0.2) is 5.16 Å². The van der Waals surface area contributed by atoms with E-state index in [0.29, 0.717) is 11.1 Å². The van der Waals surface area contributed by atoms with Crippen LogP contribution in [0.15, 0.2) is 38.6 Å². The van der Waals surface area contributed by atoms with Gasteiger partial charge in [-0.3, -0.25) is 0 Å². The van der Waals surface area contributed by atoms with Gasteiger partial charge in [-0.1, -0.05) is 30.8 Å². The summed E-state index contributed by atoms with van der Waals surface area (Å²) in [5, 5.41) is 7.65. The van der Waals surface area contributed by atoms with E-state index in [2.05, 4.69) is 10.2 Å². The molecule has 9 heteroatoms. The smallest absolute Gasteiger partial charge is 0.423 e. The quantitative estimate of drug-likeness (QED) is 0.517. The normalized spacial score (nSPS) is 12.0. The van der Waals surface area contributed by atoms with Crippen molar-refractivity contribution >= 4 is 22.7 Å². The summed E-state index contributed by atoms with van der Waals surface area (Å²) < 4.78 is 44.4. The molecule has 25 heavy (non-hydrogen) atoms. The van der Waals surface area contributed by atoms with Crippen molar-refractivity contribution in [2.75, 3.05) is 0 Å². The molecule has 0 amide bonds. The molecule has 0 unspecified atom stereocenters. The minimum atomic E-state index is -4.56. The highest BCUT2D eigenvalue weighted by atomic mass is 32.2. The van der Waals surface area contributed by atoms with E-state index in [1.165, 1.54) is 13.1 Å². The second kappa shape index (κ2) is 6.55. The number of alkyl halides is 3. The largest absolute Gasteiger partial charge is 0.451 e. The Hall–Kier alpha value is -2.29. The van der Waals surface area contributed by atoms with Gasteiger partial charge in [0.05, 0.1) is 0 Å². The van der Waals surface area contributed by atoms with Crippen molar-refractivity contribution in [3.8, 4) is 0 Å². The summed E-state index contributed by atoms with van der Waals surface area (Å²) in [5.74, 6) is -0.780. The van der Waals surface area contributed by atoms with Crippen LogP contribution in [0.5, 0.6) is 0 Å². The van der Waals surface area contributed by atoms with Gasteiger partial charge < -0.3 is 8.98 Å². The molecular formula is C16H14F3N3O2S. The molecule has 0 spiro atoms. The monoisotopic (exact) mass is 369 g/mol. The van der Waals surface area contributed by atoms with E-state index in [-0.39, 0.29) is 10.9 Å². The van der Waals surface area contributed by atoms with Crippen LogP contribution in [0.3, 0.4) is 0 Å². The first-order valence-electron chi connectivity index (χ1n) is 7.44. The van der Waals surface area contributed by atoms with E-state index < -0.39 is 17.6 Å². The first-order valence-corrected chi connectivity index (χ1v) is 8.43. The van der Waals surface area contributed by atoms with Crippen molar-refractivity contribution in [3.63, 3.8) is 0 Å². The second-order valence-electron chi connectivity index (χ2n) is 5.43. The molecule has 0 aliphatic heterocycles. The summed E-state index contributed by atoms with van der Waals surface area (Å²) in [6.07, 6.45) is -3.75. The van der Waals surface area contributed by atoms with Gasteiger partial charge in [0, 0.05) is 24.3 Å². The van der Waals surface area contributed by atoms with Crippen molar-refractivity contribution in [1.29, 1.82) is 0 Å². The van der Waals surface area contributed by atoms with Gasteiger partial charge in [0.2, 0.25) is 5.82 Å². The predicted octanol–water partition coefficient (Wildman–Crippen LogP) is 3.80. The fourth-order valence-electron chi connectivity index (χ4n) is 2.44. The number of nitrogens with zero attached hydrogens (tertiary/aromatic N) is 3. The van der Waals surface area contributed by atoms with E-state index in [1.807, 2.05) is 19.1 Å². The van der Waals surface area contributed by atoms with Crippen LogP contribution in [0.2, 0.25) is 0 Å². The molecule has 1 aromatic carbocycles. The molecule has 3 aromatic rings. The Morgan fingerprint density at radius 2 is 2.00 bits per heavy atom. The summed E-state index contributed by atoms with van der Waals surface area (Å²) in [5.41, 5.74) is 1.68. The maximum atomic E-state index is 12.8. The second-order valence-corrected chi connectivity index (χ2v) is 6.37. The molecule has 2 aromatic heterocycles. The molecule has 132 valence electrons. The lowest BCUT2D eigenvalue weighted by molar-refractivity contribution is -0.147. The first kappa shape index (κ1) is 17.5. The summed E-state index contributed by atoms with van der Waals surface area (Å²) >= 11 is 1.08. The highest BCUT2D eigenvalue weighted by Crippen LogP contribution is 2.31. The zero-order valence-corrected chi connectivity index (χ0v) is 14.2. The fourth-order valence-corrected chi connectivity index (χ4v) is 3.35. The molecule has 0 radical (unpaired) electrons. The lowest BCUT2D eigenvalue weighted by atomic mass is 10.1. The van der Waals surface area contributed by atoms with E-state index >= 15 is 0 Å². The number of aryl methyl sites for hydroxylation is 1. The lowest BCUT2D eigenvalue weighted by Crippen LogP contribution is -2.13. The van der Waals surface area contributed by atoms with Gasteiger partial charge in [0.1, 0.15) is 5.58 Å². The molecule has 0 aliphatic rings. The third kappa shape index (κ3) is 3.55. The molecular weight excluding hydrogens is 355 g/mol. The molecule has 0 saturated carbocycles. The average Bonchev–Trinajstić information content (AvgIpc) is 2.92. The minimum Gasteiger partial charge on any atom is -0.423 e. The summed E-state index contributed by atoms with van der Waals surface area (Å²) in [7, 11) is 1.26. The van der Waals surface area contributed by atoms with Crippen molar-refractivity contribution < 1.29 is 17.6 Å². The van der Waals surface area contributed by atoms with Crippen LogP contribution in [0, 0.1) is 0 Å². The van der Waals surface area contributed by atoms with Crippen molar-refractivity contribution in [1.82, 2.24) is 14.8 Å². The number of hydrogen-bond acceptors (Lipinski definition) is 5. The van der Waals surface area contributed by atoms with Crippen LogP contribution >= 0.6 is 11.8 Å². The fraction of sp³-hybridized carbons (Fsp3) is 0.312. The highest BCUT2D eigenvalue weighted by Gasteiger charge is 2.37. The Labute approximate surface area is 144 Å². The number of aromatic nitrogens is 3. The topological polar surface area (TPSA) is 60.9 Å². The number of hydrogen-bond donors (Lipinski definition) is 0. The molecule has 3 rings (SSSR count). The Bertz CT molecular complexity index is 979. The third-order valence-electron chi connectivity index (χ3n) is 3.75. The van der Waals surface area contributed by atoms with Crippen molar-refractivity contribution in [2.24, 2.45) is 7.05 Å². The van der Waals surface area contributed by atoms with E-state index in [4.69, 9.17) is 4.42 Å². The standard InChI is InChI=1S/C16H14F3N3O2S/c1-3-9-4-5-11-10(7-13(23)24-12(11)6-9)8-25-15-21-20-14(22(15)2)16(17,18)19/h4-7H,3,8H2,1-2H3. The summed E-state index contributed by atoms with van der Waals surface area (Å²) in [6, 6.07) is 6.93. The van der Waals surface area contributed by atoms with E-state index in [9.17, 15) is 18.0 Å². The van der Waals surface area contributed by atoms with Crippen molar-refractivity contribution in [2.45, 2.75) is 30.4 Å². The molecule has 5 nitrogen and oxygen atoms in total. The molecule has 0 saturated heterocycles. The highest BCUT2D eigenvalue weighted by molar-refractivity contribution is 7.98. The van der Waals surface area contributed by atoms with Gasteiger partial charge in [0.25, 0.3) is 0 Å². The van der Waals surface area contributed by atoms with Gasteiger partial charge in [-0.2, -0.15) is 13.2 Å². The molecule has 0 aliphatic carbocycles. The van der Waals surface area contributed by atoms with Gasteiger partial charge in [-0.15, -0.1) is 10.2 Å². The summed E-state index contributed by atoms with van der Waals surface area (Å²) in [4.78, 5) is 11.8. The van der Waals surface area contributed by atoms with Crippen LogP contribution in [0.1, 0.15) is 23.9 Å². The Balaban J connectivity index is 1.91. The molecule has 0 fully saturated rings. The molecule has 2 heterocycles. The van der Waals surface area contributed by atoms with Crippen LogP contribution in [0.25, 0.3) is 11.0 Å². The number of fused-ring (bicyclic) bond motifs is 1. The Morgan fingerprint density at radius 3 is 2.64 bits per heavy atom. The summed E-state index contributed by atoms with van der Waals surface area (Å²) in [6.45, 7) is 1.99. The van der Waals surface area contributed by atoms with Crippen LogP contribution in [-0.4, -0.2) is 14.8 Å². The Morgan fingerprint density at radius 1 is 1.24 bits per heavy atom. The maximum Gasteiger partial charge on any atom is 0.451 e. The van der Waals surface area contributed by atoms with Crippen molar-refractivity contribution in [3.05, 3.63) is 51.6 Å². The van der Waals surface area contributed by atoms with Crippen LogP contribution < -0.4 is 5.63 Å². The third-order valence-corrected chi connectivity index (χ3v) is 4.82. The number of thioether (sulfide) groups is 1. The van der Waals surface area contributed by atoms with Gasteiger partial charge in [-0.25, -0.2) is 4.79 Å². The predicted molar refractivity (Wildman–Crippen MR) is 87.4 cm³/mol. The maximum absolute atomic E-state index is 12.8. The van der Waals surface area contributed by atoms with E-state index in [0.717, 1.165) is 33.7 Å². The number of rotatable bonds is 4. The van der Waals surface area contributed by atoms with Crippen LogP contribution in [0.4, 0.5) is 13.2 Å². The number of benzene rings is 1. The van der Waals surface area contributed by atoms with E-state index in [1.54, 1.807) is 6.07 Å². The molecule has 0 bridgehead atoms. The molecule has 0 atom stereocenters. The average molecular weight is 369 g/mol. The SMILES string of the molecule is CCc1ccc2c(CSc3nnc(C(F)(F)F)n3C)cc(=O)oc2c1. The minimum absolute atomic E-state index is 0.124. The lowest BCUT2D eigenvalue weighted by Gasteiger charge is -2.08. The van der Waals surface area contributed by atoms with Crippen LogP contribution in [-0.2, 0) is 25.4 Å². The number of halogens is 3. The first-order chi connectivity index (χ1) is 11.8.